The number of piperidine rings is 2. The van der Waals surface area contributed by atoms with E-state index in [0.717, 1.165) is 32.2 Å². The highest BCUT2D eigenvalue weighted by Gasteiger charge is 2.51. The van der Waals surface area contributed by atoms with Crippen LogP contribution in [0.15, 0.2) is 36.9 Å². The molecule has 1 aromatic carbocycles. The van der Waals surface area contributed by atoms with Crippen molar-refractivity contribution in [2.24, 2.45) is 5.41 Å². The first-order valence-electron chi connectivity index (χ1n) is 9.55. The van der Waals surface area contributed by atoms with Gasteiger partial charge in [-0.05, 0) is 44.7 Å². The molecule has 7 heteroatoms. The van der Waals surface area contributed by atoms with Crippen molar-refractivity contribution < 1.29 is 9.59 Å². The second-order valence-electron chi connectivity index (χ2n) is 7.62. The van der Waals surface area contributed by atoms with Crippen molar-refractivity contribution in [3.8, 4) is 5.69 Å². The second-order valence-corrected chi connectivity index (χ2v) is 7.62. The van der Waals surface area contributed by atoms with Crippen LogP contribution in [0.4, 0.5) is 0 Å². The summed E-state index contributed by atoms with van der Waals surface area (Å²) in [6, 6.07) is 7.30. The van der Waals surface area contributed by atoms with Crippen LogP contribution in [0.25, 0.3) is 5.69 Å². The predicted octanol–water partition coefficient (Wildman–Crippen LogP) is 2.13. The van der Waals surface area contributed by atoms with E-state index in [1.165, 1.54) is 6.33 Å². The molecular weight excluding hydrogens is 342 g/mol. The molecule has 2 aromatic rings. The van der Waals surface area contributed by atoms with Gasteiger partial charge in [-0.15, -0.1) is 0 Å². The Bertz CT molecular complexity index is 846. The number of hydrogen-bond donors (Lipinski definition) is 0. The molecule has 0 radical (unpaired) electrons. The standard InChI is InChI=1S/C20H25N5O2/c1-15-20(9-5-11-23(2)19(20)27)10-6-12-24(15)18(26)16-7-3-4-8-17(16)25-14-21-13-22-25/h3-4,7-8,13-15H,5-6,9-12H2,1-2H3/t15-,20-/m0/s1. The van der Waals surface area contributed by atoms with Gasteiger partial charge in [-0.1, -0.05) is 12.1 Å². The van der Waals surface area contributed by atoms with Crippen LogP contribution in [-0.2, 0) is 4.79 Å². The molecule has 0 aliphatic carbocycles. The summed E-state index contributed by atoms with van der Waals surface area (Å²) in [6.07, 6.45) is 6.59. The molecule has 4 rings (SSSR count). The van der Waals surface area contributed by atoms with E-state index in [4.69, 9.17) is 0 Å². The van der Waals surface area contributed by atoms with E-state index in [2.05, 4.69) is 10.1 Å². The highest BCUT2D eigenvalue weighted by Crippen LogP contribution is 2.44. The highest BCUT2D eigenvalue weighted by molar-refractivity contribution is 5.98. The zero-order chi connectivity index (χ0) is 19.0. The van der Waals surface area contributed by atoms with E-state index in [-0.39, 0.29) is 17.9 Å². The Balaban J connectivity index is 1.68. The van der Waals surface area contributed by atoms with E-state index >= 15 is 0 Å². The number of amides is 2. The third-order valence-electron chi connectivity index (χ3n) is 6.24. The number of rotatable bonds is 2. The molecule has 2 aliphatic rings. The molecule has 1 spiro atoms. The maximum Gasteiger partial charge on any atom is 0.256 e. The normalized spacial score (nSPS) is 25.9. The number of nitrogens with zero attached hydrogens (tertiary/aromatic N) is 5. The van der Waals surface area contributed by atoms with E-state index < -0.39 is 5.41 Å². The smallest absolute Gasteiger partial charge is 0.256 e. The van der Waals surface area contributed by atoms with Crippen LogP contribution in [0, 0.1) is 5.41 Å². The van der Waals surface area contributed by atoms with Gasteiger partial charge in [0.1, 0.15) is 12.7 Å². The SMILES string of the molecule is C[C@@H]1N(C(=O)c2ccccc2-n2cncn2)CCC[C@@]12CCCN(C)C2=O. The van der Waals surface area contributed by atoms with Crippen molar-refractivity contribution in [2.75, 3.05) is 20.1 Å². The van der Waals surface area contributed by atoms with Gasteiger partial charge in [-0.3, -0.25) is 9.59 Å². The monoisotopic (exact) mass is 367 g/mol. The fourth-order valence-corrected chi connectivity index (χ4v) is 4.72. The fourth-order valence-electron chi connectivity index (χ4n) is 4.72. The van der Waals surface area contributed by atoms with Crippen LogP contribution in [0.2, 0.25) is 0 Å². The molecule has 3 heterocycles. The maximum absolute atomic E-state index is 13.5. The van der Waals surface area contributed by atoms with Gasteiger partial charge in [0.15, 0.2) is 0 Å². The van der Waals surface area contributed by atoms with Gasteiger partial charge in [0, 0.05) is 26.2 Å². The number of aromatic nitrogens is 3. The van der Waals surface area contributed by atoms with Gasteiger partial charge in [0.25, 0.3) is 5.91 Å². The summed E-state index contributed by atoms with van der Waals surface area (Å²) in [4.78, 5) is 34.2. The summed E-state index contributed by atoms with van der Waals surface area (Å²) >= 11 is 0. The van der Waals surface area contributed by atoms with E-state index in [1.807, 2.05) is 48.0 Å². The van der Waals surface area contributed by atoms with Gasteiger partial charge >= 0.3 is 0 Å². The van der Waals surface area contributed by atoms with Crippen molar-refractivity contribution in [1.82, 2.24) is 24.6 Å². The minimum atomic E-state index is -0.455. The van der Waals surface area contributed by atoms with Crippen molar-refractivity contribution in [1.29, 1.82) is 0 Å². The first-order chi connectivity index (χ1) is 13.0. The highest BCUT2D eigenvalue weighted by atomic mass is 16.2. The van der Waals surface area contributed by atoms with Crippen molar-refractivity contribution >= 4 is 11.8 Å². The Morgan fingerprint density at radius 1 is 1.19 bits per heavy atom. The van der Waals surface area contributed by atoms with Crippen molar-refractivity contribution in [2.45, 2.75) is 38.6 Å². The van der Waals surface area contributed by atoms with Gasteiger partial charge in [-0.2, -0.15) is 5.10 Å². The molecule has 7 nitrogen and oxygen atoms in total. The summed E-state index contributed by atoms with van der Waals surface area (Å²) in [7, 11) is 1.87. The lowest BCUT2D eigenvalue weighted by molar-refractivity contribution is -0.152. The number of para-hydroxylation sites is 1. The molecule has 2 atom stereocenters. The lowest BCUT2D eigenvalue weighted by Gasteiger charge is -2.51. The first-order valence-corrected chi connectivity index (χ1v) is 9.55. The predicted molar refractivity (Wildman–Crippen MR) is 100 cm³/mol. The lowest BCUT2D eigenvalue weighted by atomic mass is 9.68. The second kappa shape index (κ2) is 6.79. The minimum absolute atomic E-state index is 0.0475. The molecule has 0 bridgehead atoms. The Kier molecular flexibility index (Phi) is 4.45. The van der Waals surface area contributed by atoms with Gasteiger partial charge in [0.2, 0.25) is 5.91 Å². The Hall–Kier alpha value is -2.70. The first kappa shape index (κ1) is 17.7. The van der Waals surface area contributed by atoms with E-state index in [9.17, 15) is 9.59 Å². The fraction of sp³-hybridized carbons (Fsp3) is 0.500. The summed E-state index contributed by atoms with van der Waals surface area (Å²) in [6.45, 7) is 3.51. The van der Waals surface area contributed by atoms with Crippen LogP contribution in [0.3, 0.4) is 0 Å². The third kappa shape index (κ3) is 2.81. The molecule has 2 aliphatic heterocycles. The summed E-state index contributed by atoms with van der Waals surface area (Å²) in [5, 5.41) is 4.17. The van der Waals surface area contributed by atoms with Crippen LogP contribution >= 0.6 is 0 Å². The number of likely N-dealkylation sites (tertiary alicyclic amines) is 2. The third-order valence-corrected chi connectivity index (χ3v) is 6.24. The number of carbonyl (C=O) groups excluding carboxylic acids is 2. The maximum atomic E-state index is 13.5. The quantitative estimate of drug-likeness (QED) is 0.815. The van der Waals surface area contributed by atoms with Gasteiger partial charge < -0.3 is 9.80 Å². The van der Waals surface area contributed by atoms with Crippen LogP contribution < -0.4 is 0 Å². The summed E-state index contributed by atoms with van der Waals surface area (Å²) < 4.78 is 1.61. The van der Waals surface area contributed by atoms with Crippen LogP contribution in [0.5, 0.6) is 0 Å². The topological polar surface area (TPSA) is 71.3 Å². The van der Waals surface area contributed by atoms with Crippen molar-refractivity contribution in [3.63, 3.8) is 0 Å². The van der Waals surface area contributed by atoms with Gasteiger partial charge in [0.05, 0.1) is 16.7 Å². The number of hydrogen-bond acceptors (Lipinski definition) is 4. The number of carbonyl (C=O) groups is 2. The van der Waals surface area contributed by atoms with E-state index in [0.29, 0.717) is 17.8 Å². The van der Waals surface area contributed by atoms with Crippen LogP contribution in [0.1, 0.15) is 43.0 Å². The zero-order valence-corrected chi connectivity index (χ0v) is 15.8. The average Bonchev–Trinajstić information content (AvgIpc) is 3.22. The molecule has 1 aromatic heterocycles. The van der Waals surface area contributed by atoms with E-state index in [1.54, 1.807) is 11.0 Å². The Labute approximate surface area is 159 Å². The lowest BCUT2D eigenvalue weighted by Crippen LogP contribution is -2.61. The largest absolute Gasteiger partial charge is 0.345 e. The average molecular weight is 367 g/mol. The summed E-state index contributed by atoms with van der Waals surface area (Å²) in [5.41, 5.74) is 0.839. The van der Waals surface area contributed by atoms with Gasteiger partial charge in [-0.25, -0.2) is 9.67 Å². The molecule has 2 amide bonds. The summed E-state index contributed by atoms with van der Waals surface area (Å²) in [5.74, 6) is 0.136. The molecular formula is C20H25N5O2. The molecule has 0 N–H and O–H groups in total. The molecule has 0 unspecified atom stereocenters. The van der Waals surface area contributed by atoms with Crippen LogP contribution in [-0.4, -0.2) is 62.6 Å². The molecule has 2 fully saturated rings. The Morgan fingerprint density at radius 3 is 2.67 bits per heavy atom. The molecule has 0 saturated carbocycles. The zero-order valence-electron chi connectivity index (χ0n) is 15.8. The molecule has 142 valence electrons. The van der Waals surface area contributed by atoms with Crippen molar-refractivity contribution in [3.05, 3.63) is 42.5 Å². The number of benzene rings is 1. The molecule has 27 heavy (non-hydrogen) atoms. The molecule has 2 saturated heterocycles. The Morgan fingerprint density at radius 2 is 1.93 bits per heavy atom. The minimum Gasteiger partial charge on any atom is -0.345 e.